The van der Waals surface area contributed by atoms with Crippen LogP contribution in [0.1, 0.15) is 46.1 Å². The van der Waals surface area contributed by atoms with Gasteiger partial charge in [0.15, 0.2) is 6.19 Å². The van der Waals surface area contributed by atoms with Crippen molar-refractivity contribution in [1.82, 2.24) is 4.90 Å². The molecule has 7 nitrogen and oxygen atoms in total. The number of amides is 2. The van der Waals surface area contributed by atoms with Crippen LogP contribution in [-0.2, 0) is 15.0 Å². The fourth-order valence-electron chi connectivity index (χ4n) is 3.77. The monoisotopic (exact) mass is 421 g/mol. The van der Waals surface area contributed by atoms with Gasteiger partial charge in [-0.15, -0.1) is 0 Å². The first-order valence-corrected chi connectivity index (χ1v) is 10.3. The van der Waals surface area contributed by atoms with Gasteiger partial charge in [-0.25, -0.2) is 0 Å². The van der Waals surface area contributed by atoms with Crippen molar-refractivity contribution in [1.29, 1.82) is 5.26 Å². The molecule has 1 heterocycles. The molecule has 1 fully saturated rings. The maximum Gasteiger partial charge on any atom is 0.251 e. The Labute approximate surface area is 184 Å². The van der Waals surface area contributed by atoms with Crippen LogP contribution in [0.4, 0.5) is 5.69 Å². The molecule has 0 aliphatic carbocycles. The Morgan fingerprint density at radius 1 is 1.35 bits per heavy atom. The second-order valence-electron chi connectivity index (χ2n) is 8.57. The molecule has 2 rings (SSSR count). The predicted octanol–water partition coefficient (Wildman–Crippen LogP) is 3.28. The zero-order chi connectivity index (χ0) is 23.2. The lowest BCUT2D eigenvalue weighted by atomic mass is 9.87. The molecule has 0 saturated carbocycles. The van der Waals surface area contributed by atoms with Gasteiger partial charge < -0.3 is 5.73 Å². The lowest BCUT2D eigenvalue weighted by Gasteiger charge is -2.34. The number of benzene rings is 1. The molecule has 0 spiro atoms. The highest BCUT2D eigenvalue weighted by molar-refractivity contribution is 6.05. The number of nitrogens with two attached hydrogens (primary N) is 1. The molecule has 1 saturated heterocycles. The summed E-state index contributed by atoms with van der Waals surface area (Å²) in [4.78, 5) is 33.0. The first-order valence-electron chi connectivity index (χ1n) is 10.3. The van der Waals surface area contributed by atoms with Gasteiger partial charge in [0.25, 0.3) is 5.91 Å². The molecular formula is C24H31N5O2. The van der Waals surface area contributed by atoms with Gasteiger partial charge in [-0.3, -0.25) is 24.4 Å². The van der Waals surface area contributed by atoms with E-state index in [2.05, 4.69) is 38.7 Å². The van der Waals surface area contributed by atoms with Crippen molar-refractivity contribution in [2.75, 3.05) is 11.4 Å². The number of primary amides is 1. The van der Waals surface area contributed by atoms with Crippen molar-refractivity contribution >= 4 is 24.2 Å². The van der Waals surface area contributed by atoms with Crippen LogP contribution < -0.4 is 10.6 Å². The molecule has 31 heavy (non-hydrogen) atoms. The van der Waals surface area contributed by atoms with Crippen LogP contribution in [0.25, 0.3) is 0 Å². The van der Waals surface area contributed by atoms with Crippen LogP contribution in [0, 0.1) is 11.5 Å². The third-order valence-electron chi connectivity index (χ3n) is 5.36. The maximum atomic E-state index is 13.7. The zero-order valence-corrected chi connectivity index (χ0v) is 18.7. The number of hydrogen-bond donors (Lipinski definition) is 1. The van der Waals surface area contributed by atoms with E-state index in [0.29, 0.717) is 24.2 Å². The summed E-state index contributed by atoms with van der Waals surface area (Å²) in [5.41, 5.74) is 7.79. The van der Waals surface area contributed by atoms with Crippen LogP contribution in [-0.4, -0.2) is 42.1 Å². The molecule has 0 bridgehead atoms. The topological polar surface area (TPSA) is 103 Å². The second kappa shape index (κ2) is 10.1. The van der Waals surface area contributed by atoms with E-state index >= 15 is 0 Å². The fourth-order valence-corrected chi connectivity index (χ4v) is 3.77. The summed E-state index contributed by atoms with van der Waals surface area (Å²) in [5.74, 6) is -1.03. The molecule has 7 heteroatoms. The largest absolute Gasteiger partial charge is 0.368 e. The fraction of sp³-hybridized carbons (Fsp3) is 0.417. The van der Waals surface area contributed by atoms with E-state index in [-0.39, 0.29) is 11.3 Å². The number of anilines is 1. The number of aliphatic imine (C=N–C) groups is 1. The van der Waals surface area contributed by atoms with Crippen molar-refractivity contribution in [2.24, 2.45) is 10.7 Å². The summed E-state index contributed by atoms with van der Waals surface area (Å²) in [6.45, 7) is 12.1. The molecule has 1 aromatic rings. The SMILES string of the molecule is C=N/C=C(\C=C/C)C(C(N)=O)N(C(=O)C1CCCN1C#N)c1ccc(C(C)(C)C)cc1. The molecule has 1 aliphatic heterocycles. The highest BCUT2D eigenvalue weighted by atomic mass is 16.2. The number of carbonyl (C=O) groups excluding carboxylic acids is 2. The van der Waals surface area contributed by atoms with Gasteiger partial charge in [0.1, 0.15) is 12.1 Å². The third-order valence-corrected chi connectivity index (χ3v) is 5.36. The Balaban J connectivity index is 2.64. The van der Waals surface area contributed by atoms with Gasteiger partial charge in [-0.2, -0.15) is 5.26 Å². The lowest BCUT2D eigenvalue weighted by Crippen LogP contribution is -2.54. The van der Waals surface area contributed by atoms with Crippen molar-refractivity contribution in [2.45, 2.75) is 58.0 Å². The van der Waals surface area contributed by atoms with Crippen LogP contribution in [0.3, 0.4) is 0 Å². The predicted molar refractivity (Wildman–Crippen MR) is 123 cm³/mol. The molecule has 0 aromatic heterocycles. The Morgan fingerprint density at radius 3 is 2.48 bits per heavy atom. The summed E-state index contributed by atoms with van der Waals surface area (Å²) < 4.78 is 0. The number of carbonyl (C=O) groups is 2. The molecule has 2 atom stereocenters. The van der Waals surface area contributed by atoms with Crippen molar-refractivity contribution in [3.8, 4) is 6.19 Å². The summed E-state index contributed by atoms with van der Waals surface area (Å²) >= 11 is 0. The van der Waals surface area contributed by atoms with Crippen LogP contribution >= 0.6 is 0 Å². The minimum absolute atomic E-state index is 0.0672. The third kappa shape index (κ3) is 5.40. The van der Waals surface area contributed by atoms with E-state index in [9.17, 15) is 14.9 Å². The minimum atomic E-state index is -1.09. The maximum absolute atomic E-state index is 13.7. The Morgan fingerprint density at radius 2 is 2.00 bits per heavy atom. The number of hydrogen-bond acceptors (Lipinski definition) is 5. The standard InChI is InChI=1S/C24H31N5O2/c1-6-8-17(15-27-5)21(22(26)30)29(23(31)20-9-7-14-28(20)16-25)19-12-10-18(11-13-19)24(2,3)4/h6,8,10-13,15,20-21H,5,7,9,14H2,1-4H3,(H2,26,30)/b8-6-,17-15+. The first-order chi connectivity index (χ1) is 14.6. The highest BCUT2D eigenvalue weighted by Gasteiger charge is 2.39. The van der Waals surface area contributed by atoms with Gasteiger partial charge in [0.05, 0.1) is 0 Å². The van der Waals surface area contributed by atoms with Gasteiger partial charge in [-0.1, -0.05) is 45.1 Å². The number of likely N-dealkylation sites (tertiary alicyclic amines) is 1. The first kappa shape index (κ1) is 23.9. The van der Waals surface area contributed by atoms with E-state index in [0.717, 1.165) is 12.0 Å². The van der Waals surface area contributed by atoms with Crippen molar-refractivity contribution in [3.05, 3.63) is 53.8 Å². The van der Waals surface area contributed by atoms with E-state index < -0.39 is 18.0 Å². The summed E-state index contributed by atoms with van der Waals surface area (Å²) in [6.07, 6.45) is 8.22. The summed E-state index contributed by atoms with van der Waals surface area (Å²) in [7, 11) is 0. The summed E-state index contributed by atoms with van der Waals surface area (Å²) in [6, 6.07) is 5.78. The molecule has 2 amide bonds. The molecule has 2 N–H and O–H groups in total. The minimum Gasteiger partial charge on any atom is -0.368 e. The van der Waals surface area contributed by atoms with E-state index in [1.54, 1.807) is 19.1 Å². The van der Waals surface area contributed by atoms with Crippen LogP contribution in [0.5, 0.6) is 0 Å². The average molecular weight is 422 g/mol. The Bertz CT molecular complexity index is 919. The zero-order valence-electron chi connectivity index (χ0n) is 18.7. The molecule has 2 unspecified atom stereocenters. The summed E-state index contributed by atoms with van der Waals surface area (Å²) in [5, 5.41) is 9.46. The second-order valence-corrected chi connectivity index (χ2v) is 8.57. The molecule has 1 aliphatic rings. The average Bonchev–Trinajstić information content (AvgIpc) is 3.19. The van der Waals surface area contributed by atoms with E-state index in [4.69, 9.17) is 5.73 Å². The van der Waals surface area contributed by atoms with Gasteiger partial charge >= 0.3 is 0 Å². The van der Waals surface area contributed by atoms with Crippen LogP contribution in [0.15, 0.2) is 53.2 Å². The van der Waals surface area contributed by atoms with Crippen LogP contribution in [0.2, 0.25) is 0 Å². The number of nitriles is 1. The quantitative estimate of drug-likeness (QED) is 0.414. The van der Waals surface area contributed by atoms with Gasteiger partial charge in [-0.05, 0) is 49.6 Å². The molecular weight excluding hydrogens is 390 g/mol. The molecule has 164 valence electrons. The number of nitrogens with zero attached hydrogens (tertiary/aromatic N) is 4. The number of rotatable bonds is 7. The van der Waals surface area contributed by atoms with E-state index in [1.807, 2.05) is 24.3 Å². The smallest absolute Gasteiger partial charge is 0.251 e. The van der Waals surface area contributed by atoms with Gasteiger partial charge in [0, 0.05) is 24.0 Å². The number of allylic oxidation sites excluding steroid dienone is 1. The highest BCUT2D eigenvalue weighted by Crippen LogP contribution is 2.30. The molecule has 0 radical (unpaired) electrons. The van der Waals surface area contributed by atoms with Crippen molar-refractivity contribution in [3.63, 3.8) is 0 Å². The molecule has 1 aromatic carbocycles. The Kier molecular flexibility index (Phi) is 7.76. The van der Waals surface area contributed by atoms with E-state index in [1.165, 1.54) is 16.0 Å². The lowest BCUT2D eigenvalue weighted by molar-refractivity contribution is -0.126. The van der Waals surface area contributed by atoms with Crippen molar-refractivity contribution < 1.29 is 9.59 Å². The van der Waals surface area contributed by atoms with Gasteiger partial charge in [0.2, 0.25) is 5.91 Å². The normalized spacial score (nSPS) is 18.0. The Hall–Kier alpha value is -3.40.